The van der Waals surface area contributed by atoms with E-state index in [-0.39, 0.29) is 6.42 Å². The minimum absolute atomic E-state index is 0.0425. The smallest absolute Gasteiger partial charge is 0.390 e. The van der Waals surface area contributed by atoms with Gasteiger partial charge >= 0.3 is 23.5 Å². The summed E-state index contributed by atoms with van der Waals surface area (Å²) in [6.45, 7) is -0.762. The Labute approximate surface area is 195 Å². The first-order valence-corrected chi connectivity index (χ1v) is 14.7. The minimum Gasteiger partial charge on any atom is -0.390 e. The average molecular weight is 557 g/mol. The summed E-state index contributed by atoms with van der Waals surface area (Å²) in [6.07, 6.45) is 0.0365. The van der Waals surface area contributed by atoms with Gasteiger partial charge in [-0.1, -0.05) is 6.07 Å². The highest BCUT2D eigenvalue weighted by molar-refractivity contribution is 7.66. The number of imidazole rings is 1. The molecule has 1 aliphatic heterocycles. The summed E-state index contributed by atoms with van der Waals surface area (Å²) in [5, 5.41) is 12.2. The number of ether oxygens (including phenoxy) is 1. The van der Waals surface area contributed by atoms with Crippen LogP contribution in [0.4, 0.5) is 0 Å². The predicted molar refractivity (Wildman–Crippen MR) is 115 cm³/mol. The summed E-state index contributed by atoms with van der Waals surface area (Å²) in [6, 6.07) is 5.66. The molecule has 186 valence electrons. The zero-order chi connectivity index (χ0) is 24.7. The fraction of sp³-hybridized carbons (Fsp3) is 0.333. The van der Waals surface area contributed by atoms with E-state index in [1.54, 1.807) is 10.8 Å². The van der Waals surface area contributed by atoms with E-state index >= 15 is 0 Å². The van der Waals surface area contributed by atoms with Crippen molar-refractivity contribution >= 4 is 46.0 Å². The molecule has 2 unspecified atom stereocenters. The highest BCUT2D eigenvalue weighted by atomic mass is 32.1. The van der Waals surface area contributed by atoms with E-state index in [0.717, 1.165) is 10.4 Å². The lowest BCUT2D eigenvalue weighted by molar-refractivity contribution is -0.0423. The van der Waals surface area contributed by atoms with Crippen LogP contribution in [0.15, 0.2) is 36.1 Å². The van der Waals surface area contributed by atoms with Gasteiger partial charge in [-0.25, -0.2) is 23.7 Å². The number of aliphatic hydroxyl groups is 1. The Morgan fingerprint density at radius 3 is 2.56 bits per heavy atom. The standard InChI is InChI=1S/C15H18N3O12P3S/c19-10-6-13(18-8-17-14-9(3-4-16-15(14)18)12-2-1-5-34-12)28-11(10)7-27-32(23,24)30-33(25,26)29-31(20,21)22/h1-5,8,10-11,13,19H,6-7H2,(H,23,24)(H,25,26)(H2,20,21,22)/t10-,11+,13+/m0/s1. The summed E-state index contributed by atoms with van der Waals surface area (Å²) in [5.74, 6) is 0. The molecule has 0 bridgehead atoms. The molecule has 4 rings (SSSR count). The number of pyridine rings is 1. The van der Waals surface area contributed by atoms with Crippen LogP contribution >= 0.6 is 34.8 Å². The van der Waals surface area contributed by atoms with Gasteiger partial charge in [0.1, 0.15) is 17.8 Å². The van der Waals surface area contributed by atoms with Gasteiger partial charge in [0.05, 0.1) is 19.0 Å². The molecule has 1 fully saturated rings. The largest absolute Gasteiger partial charge is 0.490 e. The van der Waals surface area contributed by atoms with Crippen molar-refractivity contribution in [1.82, 2.24) is 14.5 Å². The Hall–Kier alpha value is -1.35. The summed E-state index contributed by atoms with van der Waals surface area (Å²) >= 11 is 1.53. The van der Waals surface area contributed by atoms with Gasteiger partial charge < -0.3 is 29.4 Å². The summed E-state index contributed by atoms with van der Waals surface area (Å²) in [7, 11) is -16.5. The van der Waals surface area contributed by atoms with Crippen LogP contribution in [0.5, 0.6) is 0 Å². The number of phosphoric ester groups is 1. The van der Waals surface area contributed by atoms with Crippen molar-refractivity contribution in [2.75, 3.05) is 6.61 Å². The van der Waals surface area contributed by atoms with Gasteiger partial charge in [0.2, 0.25) is 0 Å². The first-order chi connectivity index (χ1) is 15.8. The molecule has 0 saturated carbocycles. The quantitative estimate of drug-likeness (QED) is 0.238. The van der Waals surface area contributed by atoms with Crippen molar-refractivity contribution in [1.29, 1.82) is 0 Å². The minimum atomic E-state index is -5.64. The number of nitrogens with zero attached hydrogens (tertiary/aromatic N) is 3. The van der Waals surface area contributed by atoms with E-state index in [0.29, 0.717) is 11.2 Å². The molecule has 5 N–H and O–H groups in total. The number of thiophene rings is 1. The van der Waals surface area contributed by atoms with E-state index in [4.69, 9.17) is 14.5 Å². The Bertz CT molecular complexity index is 1310. The summed E-state index contributed by atoms with van der Waals surface area (Å²) < 4.78 is 53.1. The third kappa shape index (κ3) is 6.07. The van der Waals surface area contributed by atoms with Crippen molar-refractivity contribution < 1.29 is 56.3 Å². The fourth-order valence-corrected chi connectivity index (χ4v) is 7.06. The Morgan fingerprint density at radius 1 is 1.12 bits per heavy atom. The van der Waals surface area contributed by atoms with Crippen molar-refractivity contribution in [3.05, 3.63) is 36.1 Å². The second kappa shape index (κ2) is 9.60. The van der Waals surface area contributed by atoms with Crippen molar-refractivity contribution in [2.24, 2.45) is 0 Å². The van der Waals surface area contributed by atoms with Gasteiger partial charge in [0.25, 0.3) is 0 Å². The number of fused-ring (bicyclic) bond motifs is 1. The molecule has 4 heterocycles. The maximum atomic E-state index is 11.9. The average Bonchev–Trinajstić information content (AvgIpc) is 3.43. The van der Waals surface area contributed by atoms with Gasteiger partial charge in [-0.15, -0.1) is 11.3 Å². The molecule has 19 heteroatoms. The topological polar surface area (TPSA) is 220 Å². The highest BCUT2D eigenvalue weighted by Crippen LogP contribution is 2.66. The normalized spacial score (nSPS) is 24.8. The SMILES string of the molecule is O=P(O)(O)OP(=O)(O)OP(=O)(O)OC[C@H]1O[C@@H](n2cnc3c(-c4cccs4)ccnc32)C[C@@H]1O. The third-order valence-electron chi connectivity index (χ3n) is 4.58. The summed E-state index contributed by atoms with van der Waals surface area (Å²) in [4.78, 5) is 45.6. The molecule has 0 spiro atoms. The summed E-state index contributed by atoms with van der Waals surface area (Å²) in [5.41, 5.74) is 1.96. The molecule has 1 aliphatic rings. The van der Waals surface area contributed by atoms with Crippen LogP contribution in [0, 0.1) is 0 Å². The fourth-order valence-electron chi connectivity index (χ4n) is 3.28. The van der Waals surface area contributed by atoms with Gasteiger partial charge in [-0.05, 0) is 17.5 Å². The second-order valence-corrected chi connectivity index (χ2v) is 12.3. The van der Waals surface area contributed by atoms with Crippen LogP contribution in [-0.2, 0) is 31.6 Å². The monoisotopic (exact) mass is 557 g/mol. The van der Waals surface area contributed by atoms with E-state index in [1.165, 1.54) is 17.7 Å². The molecule has 34 heavy (non-hydrogen) atoms. The number of aliphatic hydroxyl groups excluding tert-OH is 1. The van der Waals surface area contributed by atoms with Crippen molar-refractivity contribution in [3.8, 4) is 10.4 Å². The van der Waals surface area contributed by atoms with Crippen LogP contribution in [0.3, 0.4) is 0 Å². The first-order valence-electron chi connectivity index (χ1n) is 9.31. The van der Waals surface area contributed by atoms with E-state index in [9.17, 15) is 28.6 Å². The molecule has 3 aromatic heterocycles. The van der Waals surface area contributed by atoms with E-state index in [1.807, 2.05) is 23.6 Å². The second-order valence-electron chi connectivity index (χ2n) is 6.98. The number of aromatic nitrogens is 3. The number of rotatable bonds is 9. The molecule has 3 aromatic rings. The Kier molecular flexibility index (Phi) is 7.27. The first kappa shape index (κ1) is 25.7. The molecular weight excluding hydrogens is 539 g/mol. The van der Waals surface area contributed by atoms with Gasteiger partial charge in [0.15, 0.2) is 5.65 Å². The maximum absolute atomic E-state index is 11.9. The van der Waals surface area contributed by atoms with Crippen molar-refractivity contribution in [3.63, 3.8) is 0 Å². The number of phosphoric acid groups is 3. The Balaban J connectivity index is 1.44. The zero-order valence-electron chi connectivity index (χ0n) is 16.8. The zero-order valence-corrected chi connectivity index (χ0v) is 20.3. The van der Waals surface area contributed by atoms with Crippen LogP contribution in [0.2, 0.25) is 0 Å². The van der Waals surface area contributed by atoms with E-state index < -0.39 is 48.5 Å². The lowest BCUT2D eigenvalue weighted by Crippen LogP contribution is -2.26. The van der Waals surface area contributed by atoms with Gasteiger partial charge in [-0.3, -0.25) is 9.09 Å². The van der Waals surface area contributed by atoms with Gasteiger partial charge in [-0.2, -0.15) is 8.62 Å². The molecule has 15 nitrogen and oxygen atoms in total. The van der Waals surface area contributed by atoms with Crippen LogP contribution in [0.1, 0.15) is 12.6 Å². The Morgan fingerprint density at radius 2 is 1.88 bits per heavy atom. The molecule has 5 atom stereocenters. The highest BCUT2D eigenvalue weighted by Gasteiger charge is 2.43. The van der Waals surface area contributed by atoms with Gasteiger partial charge in [0, 0.05) is 23.1 Å². The molecule has 0 radical (unpaired) electrons. The van der Waals surface area contributed by atoms with Crippen LogP contribution in [-0.4, -0.2) is 58.0 Å². The maximum Gasteiger partial charge on any atom is 0.490 e. The number of hydrogen-bond donors (Lipinski definition) is 5. The molecular formula is C15H18N3O12P3S. The lowest BCUT2D eigenvalue weighted by atomic mass is 10.2. The lowest BCUT2D eigenvalue weighted by Gasteiger charge is -2.19. The van der Waals surface area contributed by atoms with Crippen LogP contribution in [0.25, 0.3) is 21.6 Å². The van der Waals surface area contributed by atoms with Crippen molar-refractivity contribution in [2.45, 2.75) is 24.9 Å². The number of hydrogen-bond acceptors (Lipinski definition) is 11. The molecule has 0 aliphatic carbocycles. The third-order valence-corrected chi connectivity index (χ3v) is 9.29. The van der Waals surface area contributed by atoms with Crippen LogP contribution < -0.4 is 0 Å². The molecule has 0 aromatic carbocycles. The van der Waals surface area contributed by atoms with E-state index in [2.05, 4.69) is 23.1 Å². The predicted octanol–water partition coefficient (Wildman–Crippen LogP) is 2.15. The molecule has 0 amide bonds. The molecule has 1 saturated heterocycles.